The molecule has 1 unspecified atom stereocenters. The van der Waals surface area contributed by atoms with Crippen LogP contribution in [0.25, 0.3) is 0 Å². The molecule has 158 valence electrons. The van der Waals surface area contributed by atoms with E-state index in [1.807, 2.05) is 0 Å². The van der Waals surface area contributed by atoms with E-state index in [0.717, 1.165) is 34.9 Å². The van der Waals surface area contributed by atoms with Crippen LogP contribution >= 0.6 is 23.5 Å². The highest BCUT2D eigenvalue weighted by molar-refractivity contribution is 8.17. The summed E-state index contributed by atoms with van der Waals surface area (Å²) in [6, 6.07) is 27.7. The van der Waals surface area contributed by atoms with Crippen molar-refractivity contribution in [2.24, 2.45) is 9.98 Å². The lowest BCUT2D eigenvalue weighted by Crippen LogP contribution is -2.25. The van der Waals surface area contributed by atoms with Crippen LogP contribution in [0.15, 0.2) is 100.0 Å². The predicted molar refractivity (Wildman–Crippen MR) is 137 cm³/mol. The van der Waals surface area contributed by atoms with Crippen LogP contribution in [-0.2, 0) is 13.1 Å². The maximum Gasteiger partial charge on any atom is 0.168 e. The number of amidine groups is 2. The quantitative estimate of drug-likeness (QED) is 0.508. The van der Waals surface area contributed by atoms with Crippen molar-refractivity contribution in [2.75, 3.05) is 11.1 Å². The van der Waals surface area contributed by atoms with E-state index in [0.29, 0.717) is 0 Å². The minimum Gasteiger partial charge on any atom is -0.335 e. The maximum absolute atomic E-state index is 5.10. The second-order valence-corrected chi connectivity index (χ2v) is 9.73. The van der Waals surface area contributed by atoms with Gasteiger partial charge in [0.15, 0.2) is 10.3 Å². The summed E-state index contributed by atoms with van der Waals surface area (Å²) in [6.07, 6.45) is 0. The van der Waals surface area contributed by atoms with Gasteiger partial charge in [-0.05, 0) is 28.2 Å². The van der Waals surface area contributed by atoms with Gasteiger partial charge in [-0.2, -0.15) is 0 Å². The summed E-state index contributed by atoms with van der Waals surface area (Å²) in [5, 5.41) is 7.85. The first-order chi connectivity index (χ1) is 15.8. The third-order valence-electron chi connectivity index (χ3n) is 5.92. The van der Waals surface area contributed by atoms with Crippen molar-refractivity contribution in [3.8, 4) is 0 Å². The largest absolute Gasteiger partial charge is 0.335 e. The van der Waals surface area contributed by atoms with Gasteiger partial charge in [-0.1, -0.05) is 96.3 Å². The average Bonchev–Trinajstić information content (AvgIpc) is 3.13. The summed E-state index contributed by atoms with van der Waals surface area (Å²) in [6.45, 7) is 1.64. The van der Waals surface area contributed by atoms with Gasteiger partial charge < -0.3 is 10.2 Å². The van der Waals surface area contributed by atoms with Gasteiger partial charge in [0.1, 0.15) is 6.04 Å². The summed E-state index contributed by atoms with van der Waals surface area (Å²) in [5.74, 6) is 0.851. The minimum absolute atomic E-state index is 0.0188. The van der Waals surface area contributed by atoms with Gasteiger partial charge in [0.2, 0.25) is 0 Å². The fourth-order valence-corrected chi connectivity index (χ4v) is 6.14. The van der Waals surface area contributed by atoms with E-state index >= 15 is 0 Å². The minimum atomic E-state index is 0.0188. The molecule has 0 aliphatic carbocycles. The van der Waals surface area contributed by atoms with Crippen LogP contribution in [0.4, 0.5) is 5.69 Å². The molecule has 3 aliphatic rings. The molecule has 3 aromatic carbocycles. The third-order valence-corrected chi connectivity index (χ3v) is 7.80. The van der Waals surface area contributed by atoms with Crippen molar-refractivity contribution in [3.63, 3.8) is 0 Å². The molecule has 3 heterocycles. The number of nitrogens with one attached hydrogen (secondary N) is 1. The lowest BCUT2D eigenvalue weighted by atomic mass is 9.97. The average molecular weight is 455 g/mol. The molecule has 4 nitrogen and oxygen atoms in total. The number of rotatable bonds is 3. The standard InChI is InChI=1S/C26H22N4S2/c1-2-8-18(9-3-1)24-22-12-6-7-13-23(22)28-25(29-24)31-16-21-17-32-26-27-14-19-10-4-5-11-20(19)15-30(21)26/h1-13,17,24H,14-16H2,(H,28,29). The Labute approximate surface area is 196 Å². The topological polar surface area (TPSA) is 40.0 Å². The highest BCUT2D eigenvalue weighted by Crippen LogP contribution is 2.38. The first-order valence-corrected chi connectivity index (χ1v) is 12.6. The number of aliphatic imine (C=N–C) groups is 2. The molecule has 1 N–H and O–H groups in total. The van der Waals surface area contributed by atoms with Gasteiger partial charge in [-0.15, -0.1) is 0 Å². The van der Waals surface area contributed by atoms with E-state index in [2.05, 4.69) is 94.5 Å². The Bertz CT molecular complexity index is 1250. The summed E-state index contributed by atoms with van der Waals surface area (Å²) in [5.41, 5.74) is 7.54. The van der Waals surface area contributed by atoms with Crippen LogP contribution in [0.1, 0.15) is 28.3 Å². The van der Waals surface area contributed by atoms with Crippen molar-refractivity contribution >= 4 is 39.5 Å². The van der Waals surface area contributed by atoms with Crippen molar-refractivity contribution in [2.45, 2.75) is 19.1 Å². The van der Waals surface area contributed by atoms with E-state index in [9.17, 15) is 0 Å². The number of anilines is 1. The number of fused-ring (bicyclic) bond motifs is 3. The van der Waals surface area contributed by atoms with E-state index in [1.165, 1.54) is 28.0 Å². The van der Waals surface area contributed by atoms with Crippen LogP contribution < -0.4 is 5.32 Å². The highest BCUT2D eigenvalue weighted by Gasteiger charge is 2.27. The molecule has 0 saturated heterocycles. The second kappa shape index (κ2) is 8.52. The number of hydrogen-bond donors (Lipinski definition) is 1. The predicted octanol–water partition coefficient (Wildman–Crippen LogP) is 6.25. The van der Waals surface area contributed by atoms with Crippen LogP contribution in [0, 0.1) is 0 Å². The molecule has 0 aromatic heterocycles. The highest BCUT2D eigenvalue weighted by atomic mass is 32.2. The number of hydrogen-bond acceptors (Lipinski definition) is 6. The summed E-state index contributed by atoms with van der Waals surface area (Å²) in [7, 11) is 0. The maximum atomic E-state index is 5.10. The van der Waals surface area contributed by atoms with Gasteiger partial charge in [0.25, 0.3) is 0 Å². The monoisotopic (exact) mass is 454 g/mol. The number of thioether (sulfide) groups is 2. The first-order valence-electron chi connectivity index (χ1n) is 10.7. The summed E-state index contributed by atoms with van der Waals surface area (Å²) in [4.78, 5) is 12.3. The zero-order valence-corrected chi connectivity index (χ0v) is 19.1. The molecule has 0 saturated carbocycles. The van der Waals surface area contributed by atoms with Crippen LogP contribution in [-0.4, -0.2) is 21.0 Å². The normalized spacial score (nSPS) is 18.9. The Morgan fingerprint density at radius 2 is 1.72 bits per heavy atom. The molecule has 0 radical (unpaired) electrons. The Morgan fingerprint density at radius 1 is 0.938 bits per heavy atom. The molecule has 1 atom stereocenters. The zero-order chi connectivity index (χ0) is 21.3. The molecular weight excluding hydrogens is 432 g/mol. The van der Waals surface area contributed by atoms with E-state index in [4.69, 9.17) is 9.98 Å². The first kappa shape index (κ1) is 19.7. The molecule has 3 aromatic rings. The molecule has 0 spiro atoms. The van der Waals surface area contributed by atoms with Crippen LogP contribution in [0.5, 0.6) is 0 Å². The Morgan fingerprint density at radius 3 is 2.62 bits per heavy atom. The summed E-state index contributed by atoms with van der Waals surface area (Å²) < 4.78 is 0. The fourth-order valence-electron chi connectivity index (χ4n) is 4.25. The Kier molecular flexibility index (Phi) is 5.25. The molecular formula is C26H22N4S2. The van der Waals surface area contributed by atoms with E-state index in [-0.39, 0.29) is 6.04 Å². The van der Waals surface area contributed by atoms with Crippen molar-refractivity contribution < 1.29 is 0 Å². The lowest BCUT2D eigenvalue weighted by molar-refractivity contribution is 0.529. The SMILES string of the molecule is C1=C(CSC2=NC(c3ccccc3)c3ccccc3N2)N2Cc3ccccc3CN=C2S1. The molecule has 0 amide bonds. The van der Waals surface area contributed by atoms with Crippen molar-refractivity contribution in [1.82, 2.24) is 4.90 Å². The number of para-hydroxylation sites is 1. The van der Waals surface area contributed by atoms with Gasteiger partial charge in [-0.3, -0.25) is 4.99 Å². The van der Waals surface area contributed by atoms with E-state index < -0.39 is 0 Å². The number of nitrogens with zero attached hydrogens (tertiary/aromatic N) is 3. The zero-order valence-electron chi connectivity index (χ0n) is 17.4. The smallest absolute Gasteiger partial charge is 0.168 e. The van der Waals surface area contributed by atoms with Crippen molar-refractivity contribution in [3.05, 3.63) is 112 Å². The molecule has 6 rings (SSSR count). The fraction of sp³-hybridized carbons (Fsp3) is 0.154. The second-order valence-electron chi connectivity index (χ2n) is 7.93. The number of benzene rings is 3. The Hall–Kier alpha value is -2.96. The van der Waals surface area contributed by atoms with Crippen molar-refractivity contribution in [1.29, 1.82) is 0 Å². The molecule has 0 bridgehead atoms. The Balaban J connectivity index is 1.23. The lowest BCUT2D eigenvalue weighted by Gasteiger charge is -2.26. The van der Waals surface area contributed by atoms with Crippen LogP contribution in [0.3, 0.4) is 0 Å². The van der Waals surface area contributed by atoms with Crippen LogP contribution in [0.2, 0.25) is 0 Å². The van der Waals surface area contributed by atoms with E-state index in [1.54, 1.807) is 23.5 Å². The van der Waals surface area contributed by atoms with Gasteiger partial charge in [0, 0.05) is 22.7 Å². The molecule has 32 heavy (non-hydrogen) atoms. The molecule has 3 aliphatic heterocycles. The van der Waals surface area contributed by atoms with Gasteiger partial charge in [0.05, 0.1) is 13.1 Å². The third kappa shape index (κ3) is 3.74. The van der Waals surface area contributed by atoms with Gasteiger partial charge >= 0.3 is 0 Å². The molecule has 6 heteroatoms. The summed E-state index contributed by atoms with van der Waals surface area (Å²) >= 11 is 3.49. The molecule has 0 fully saturated rings. The van der Waals surface area contributed by atoms with Gasteiger partial charge in [-0.25, -0.2) is 4.99 Å².